The summed E-state index contributed by atoms with van der Waals surface area (Å²) < 4.78 is 15.2. The number of anilines is 1. The molecule has 1 aromatic heterocycles. The fourth-order valence-corrected chi connectivity index (χ4v) is 2.97. The molecule has 1 aliphatic rings. The van der Waals surface area contributed by atoms with E-state index in [1.165, 1.54) is 21.9 Å². The van der Waals surface area contributed by atoms with Gasteiger partial charge in [-0.1, -0.05) is 0 Å². The Labute approximate surface area is 145 Å². The first-order valence-corrected chi connectivity index (χ1v) is 8.05. The summed E-state index contributed by atoms with van der Waals surface area (Å²) in [7, 11) is 3.33. The number of rotatable bonds is 3. The smallest absolute Gasteiger partial charge is 0.322 e. The number of aromatic nitrogens is 2. The van der Waals surface area contributed by atoms with Gasteiger partial charge in [-0.25, -0.2) is 13.9 Å². The number of hydrogen-bond acceptors (Lipinski definition) is 3. The largest absolute Gasteiger partial charge is 0.347 e. The Morgan fingerprint density at radius 1 is 1.36 bits per heavy atom. The molecule has 0 radical (unpaired) electrons. The summed E-state index contributed by atoms with van der Waals surface area (Å²) in [6, 6.07) is 4.92. The molecule has 0 bridgehead atoms. The first kappa shape index (κ1) is 16.9. The van der Waals surface area contributed by atoms with Crippen LogP contribution in [-0.4, -0.2) is 58.2 Å². The molecule has 8 heteroatoms. The van der Waals surface area contributed by atoms with Gasteiger partial charge in [-0.2, -0.15) is 5.10 Å². The second kappa shape index (κ2) is 6.92. The predicted molar refractivity (Wildman–Crippen MR) is 91.0 cm³/mol. The van der Waals surface area contributed by atoms with Crippen molar-refractivity contribution in [3.63, 3.8) is 0 Å². The molecule has 2 aromatic rings. The van der Waals surface area contributed by atoms with E-state index in [0.29, 0.717) is 24.3 Å². The van der Waals surface area contributed by atoms with Crippen LogP contribution in [0.25, 0.3) is 5.69 Å². The van der Waals surface area contributed by atoms with E-state index < -0.39 is 17.9 Å². The van der Waals surface area contributed by atoms with Gasteiger partial charge in [-0.05, 0) is 37.1 Å². The van der Waals surface area contributed by atoms with Gasteiger partial charge in [0, 0.05) is 33.0 Å². The van der Waals surface area contributed by atoms with Gasteiger partial charge in [-0.3, -0.25) is 4.79 Å². The van der Waals surface area contributed by atoms with Crippen LogP contribution in [0.3, 0.4) is 0 Å². The lowest BCUT2D eigenvalue weighted by Crippen LogP contribution is -2.47. The molecule has 1 saturated heterocycles. The van der Waals surface area contributed by atoms with Crippen LogP contribution in [-0.2, 0) is 4.79 Å². The van der Waals surface area contributed by atoms with Crippen LogP contribution in [0, 0.1) is 5.82 Å². The van der Waals surface area contributed by atoms with E-state index in [-0.39, 0.29) is 5.91 Å². The number of urea groups is 1. The molecular weight excluding hydrogens is 325 g/mol. The van der Waals surface area contributed by atoms with Gasteiger partial charge >= 0.3 is 6.03 Å². The standard InChI is InChI=1S/C17H20FN5O2/c1-21(2)16(24)15-5-3-9-22(15)17(25)20-13-11-12(18)6-7-14(13)23-10-4-8-19-23/h4,6-8,10-11,15H,3,5,9H2,1-2H3,(H,20,25)/t15-/m0/s1. The number of likely N-dealkylation sites (N-methyl/N-ethyl adjacent to an activating group) is 1. The molecule has 132 valence electrons. The van der Waals surface area contributed by atoms with Crippen molar-refractivity contribution in [3.8, 4) is 5.69 Å². The lowest BCUT2D eigenvalue weighted by molar-refractivity contribution is -0.132. The van der Waals surface area contributed by atoms with E-state index in [2.05, 4.69) is 10.4 Å². The second-order valence-electron chi connectivity index (χ2n) is 6.13. The van der Waals surface area contributed by atoms with Crippen molar-refractivity contribution in [1.82, 2.24) is 19.6 Å². The number of nitrogens with zero attached hydrogens (tertiary/aromatic N) is 4. The lowest BCUT2D eigenvalue weighted by atomic mass is 10.2. The SMILES string of the molecule is CN(C)C(=O)[C@@H]1CCCN1C(=O)Nc1cc(F)ccc1-n1cccn1. The Balaban J connectivity index is 1.84. The fraction of sp³-hybridized carbons (Fsp3) is 0.353. The number of nitrogens with one attached hydrogen (secondary N) is 1. The minimum Gasteiger partial charge on any atom is -0.347 e. The van der Waals surface area contributed by atoms with Gasteiger partial charge in [0.25, 0.3) is 0 Å². The van der Waals surface area contributed by atoms with Crippen LogP contribution in [0.5, 0.6) is 0 Å². The number of hydrogen-bond donors (Lipinski definition) is 1. The summed E-state index contributed by atoms with van der Waals surface area (Å²) in [4.78, 5) is 27.9. The third-order valence-electron chi connectivity index (χ3n) is 4.19. The summed E-state index contributed by atoms with van der Waals surface area (Å²) in [5, 5.41) is 6.84. The van der Waals surface area contributed by atoms with Crippen molar-refractivity contribution < 1.29 is 14.0 Å². The highest BCUT2D eigenvalue weighted by Crippen LogP contribution is 2.24. The molecule has 0 spiro atoms. The van der Waals surface area contributed by atoms with E-state index in [1.54, 1.807) is 43.3 Å². The quantitative estimate of drug-likeness (QED) is 0.926. The van der Waals surface area contributed by atoms with Crippen LogP contribution in [0.1, 0.15) is 12.8 Å². The van der Waals surface area contributed by atoms with Gasteiger partial charge < -0.3 is 15.1 Å². The zero-order valence-electron chi connectivity index (χ0n) is 14.1. The van der Waals surface area contributed by atoms with Crippen LogP contribution in [0.4, 0.5) is 14.9 Å². The summed E-state index contributed by atoms with van der Waals surface area (Å²) >= 11 is 0. The van der Waals surface area contributed by atoms with Gasteiger partial charge in [0.1, 0.15) is 11.9 Å². The number of halogens is 1. The van der Waals surface area contributed by atoms with Crippen LogP contribution < -0.4 is 5.32 Å². The molecule has 1 aromatic carbocycles. The summed E-state index contributed by atoms with van der Waals surface area (Å²) in [5.74, 6) is -0.576. The predicted octanol–water partition coefficient (Wildman–Crippen LogP) is 2.10. The monoisotopic (exact) mass is 345 g/mol. The topological polar surface area (TPSA) is 70.5 Å². The van der Waals surface area contributed by atoms with Gasteiger partial charge in [0.2, 0.25) is 5.91 Å². The molecule has 7 nitrogen and oxygen atoms in total. The Bertz CT molecular complexity index is 775. The van der Waals surface area contributed by atoms with E-state index in [1.807, 2.05) is 0 Å². The second-order valence-corrected chi connectivity index (χ2v) is 6.13. The molecule has 1 N–H and O–H groups in total. The Morgan fingerprint density at radius 2 is 2.16 bits per heavy atom. The molecule has 25 heavy (non-hydrogen) atoms. The van der Waals surface area contributed by atoms with Crippen molar-refractivity contribution in [3.05, 3.63) is 42.5 Å². The van der Waals surface area contributed by atoms with Crippen LogP contribution in [0.2, 0.25) is 0 Å². The van der Waals surface area contributed by atoms with Crippen molar-refractivity contribution in [2.75, 3.05) is 26.0 Å². The minimum absolute atomic E-state index is 0.112. The van der Waals surface area contributed by atoms with E-state index in [9.17, 15) is 14.0 Å². The summed E-state index contributed by atoms with van der Waals surface area (Å²) in [6.07, 6.45) is 4.69. The third-order valence-corrected chi connectivity index (χ3v) is 4.19. The average Bonchev–Trinajstić information content (AvgIpc) is 3.25. The highest BCUT2D eigenvalue weighted by Gasteiger charge is 2.35. The zero-order valence-corrected chi connectivity index (χ0v) is 14.1. The Morgan fingerprint density at radius 3 is 2.84 bits per heavy atom. The number of carbonyl (C=O) groups is 2. The van der Waals surface area contributed by atoms with Crippen molar-refractivity contribution >= 4 is 17.6 Å². The molecule has 1 atom stereocenters. The highest BCUT2D eigenvalue weighted by molar-refractivity contribution is 5.95. The molecule has 1 aliphatic heterocycles. The molecule has 3 amide bonds. The maximum Gasteiger partial charge on any atom is 0.322 e. The lowest BCUT2D eigenvalue weighted by Gasteiger charge is -2.26. The van der Waals surface area contributed by atoms with Crippen molar-refractivity contribution in [2.45, 2.75) is 18.9 Å². The first-order chi connectivity index (χ1) is 12.0. The fourth-order valence-electron chi connectivity index (χ4n) is 2.97. The molecule has 0 aliphatic carbocycles. The summed E-state index contributed by atoms with van der Waals surface area (Å²) in [6.45, 7) is 0.489. The van der Waals surface area contributed by atoms with Crippen LogP contribution in [0.15, 0.2) is 36.7 Å². The van der Waals surface area contributed by atoms with Crippen molar-refractivity contribution in [2.24, 2.45) is 0 Å². The number of likely N-dealkylation sites (tertiary alicyclic amines) is 1. The maximum atomic E-state index is 13.7. The minimum atomic E-state index is -0.489. The zero-order chi connectivity index (χ0) is 18.0. The molecule has 3 rings (SSSR count). The average molecular weight is 345 g/mol. The molecule has 1 fully saturated rings. The third kappa shape index (κ3) is 3.47. The molecule has 0 unspecified atom stereocenters. The number of amides is 3. The molecule has 0 saturated carbocycles. The summed E-state index contributed by atoms with van der Waals surface area (Å²) in [5.41, 5.74) is 0.853. The van der Waals surface area contributed by atoms with Gasteiger partial charge in [0.05, 0.1) is 11.4 Å². The Hall–Kier alpha value is -2.90. The van der Waals surface area contributed by atoms with Crippen LogP contribution >= 0.6 is 0 Å². The molecule has 2 heterocycles. The normalized spacial score (nSPS) is 16.8. The molecular formula is C17H20FN5O2. The van der Waals surface area contributed by atoms with E-state index in [0.717, 1.165) is 6.42 Å². The Kier molecular flexibility index (Phi) is 4.69. The van der Waals surface area contributed by atoms with Crippen molar-refractivity contribution in [1.29, 1.82) is 0 Å². The van der Waals surface area contributed by atoms with E-state index in [4.69, 9.17) is 0 Å². The highest BCUT2D eigenvalue weighted by atomic mass is 19.1. The van der Waals surface area contributed by atoms with Gasteiger partial charge in [0.15, 0.2) is 0 Å². The number of carbonyl (C=O) groups excluding carboxylic acids is 2. The van der Waals surface area contributed by atoms with Gasteiger partial charge in [-0.15, -0.1) is 0 Å². The first-order valence-electron chi connectivity index (χ1n) is 8.05. The maximum absolute atomic E-state index is 13.7. The number of benzene rings is 1. The van der Waals surface area contributed by atoms with E-state index >= 15 is 0 Å².